The van der Waals surface area contributed by atoms with Crippen molar-refractivity contribution in [3.63, 3.8) is 0 Å². The van der Waals surface area contributed by atoms with Crippen LogP contribution in [-0.4, -0.2) is 9.97 Å². The third-order valence-electron chi connectivity index (χ3n) is 1.99. The van der Waals surface area contributed by atoms with E-state index in [0.29, 0.717) is 0 Å². The average Bonchev–Trinajstić information content (AvgIpc) is 2.83. The van der Waals surface area contributed by atoms with Crippen LogP contribution in [0, 0.1) is 6.92 Å². The monoisotopic (exact) mass is 239 g/mol. The van der Waals surface area contributed by atoms with Crippen LogP contribution in [0.5, 0.6) is 0 Å². The highest BCUT2D eigenvalue weighted by Crippen LogP contribution is 2.19. The van der Waals surface area contributed by atoms with Crippen molar-refractivity contribution in [2.45, 2.75) is 26.8 Å². The molecule has 0 saturated carbocycles. The smallest absolute Gasteiger partial charge is 0.183 e. The fourth-order valence-corrected chi connectivity index (χ4v) is 2.57. The summed E-state index contributed by atoms with van der Waals surface area (Å²) >= 11 is 3.39. The highest BCUT2D eigenvalue weighted by molar-refractivity contribution is 7.15. The minimum Gasteiger partial charge on any atom is -0.356 e. The Morgan fingerprint density at radius 2 is 2.33 bits per heavy atom. The van der Waals surface area contributed by atoms with Crippen LogP contribution in [-0.2, 0) is 13.0 Å². The van der Waals surface area contributed by atoms with Gasteiger partial charge in [-0.3, -0.25) is 0 Å². The SMILES string of the molecule is CCc1cnc(NCc2csc(C)n2)s1. The number of nitrogens with one attached hydrogen (secondary N) is 1. The lowest BCUT2D eigenvalue weighted by Gasteiger charge is -1.97. The van der Waals surface area contributed by atoms with E-state index in [4.69, 9.17) is 0 Å². The van der Waals surface area contributed by atoms with Gasteiger partial charge in [0, 0.05) is 16.5 Å². The van der Waals surface area contributed by atoms with Crippen LogP contribution in [0.4, 0.5) is 5.13 Å². The molecule has 0 unspecified atom stereocenters. The molecule has 0 amide bonds. The lowest BCUT2D eigenvalue weighted by molar-refractivity contribution is 1.05. The summed E-state index contributed by atoms with van der Waals surface area (Å²) < 4.78 is 0. The van der Waals surface area contributed by atoms with E-state index in [2.05, 4.69) is 27.6 Å². The molecule has 0 spiro atoms. The first kappa shape index (κ1) is 10.6. The Balaban J connectivity index is 1.93. The fraction of sp³-hybridized carbons (Fsp3) is 0.400. The molecule has 0 radical (unpaired) electrons. The zero-order valence-corrected chi connectivity index (χ0v) is 10.4. The van der Waals surface area contributed by atoms with E-state index < -0.39 is 0 Å². The number of hydrogen-bond donors (Lipinski definition) is 1. The second-order valence-corrected chi connectivity index (χ2v) is 5.37. The number of thiazole rings is 2. The topological polar surface area (TPSA) is 37.8 Å². The van der Waals surface area contributed by atoms with Gasteiger partial charge in [0.2, 0.25) is 0 Å². The number of hydrogen-bond acceptors (Lipinski definition) is 5. The zero-order valence-electron chi connectivity index (χ0n) is 8.78. The van der Waals surface area contributed by atoms with E-state index in [1.165, 1.54) is 4.88 Å². The fourth-order valence-electron chi connectivity index (χ4n) is 1.21. The predicted octanol–water partition coefficient (Wildman–Crippen LogP) is 3.08. The summed E-state index contributed by atoms with van der Waals surface area (Å²) in [6, 6.07) is 0. The van der Waals surface area contributed by atoms with Crippen LogP contribution >= 0.6 is 22.7 Å². The summed E-state index contributed by atoms with van der Waals surface area (Å²) in [6.45, 7) is 4.93. The molecule has 0 aliphatic heterocycles. The second-order valence-electron chi connectivity index (χ2n) is 3.20. The molecule has 80 valence electrons. The van der Waals surface area contributed by atoms with E-state index in [0.717, 1.165) is 28.8 Å². The highest BCUT2D eigenvalue weighted by atomic mass is 32.1. The molecule has 2 rings (SSSR count). The summed E-state index contributed by atoms with van der Waals surface area (Å²) in [5.41, 5.74) is 1.09. The lowest BCUT2D eigenvalue weighted by atomic mass is 10.4. The molecule has 0 aromatic carbocycles. The van der Waals surface area contributed by atoms with Crippen molar-refractivity contribution in [2.24, 2.45) is 0 Å². The van der Waals surface area contributed by atoms with Crippen molar-refractivity contribution in [1.29, 1.82) is 0 Å². The van der Waals surface area contributed by atoms with Gasteiger partial charge < -0.3 is 5.32 Å². The van der Waals surface area contributed by atoms with Gasteiger partial charge in [-0.15, -0.1) is 22.7 Å². The predicted molar refractivity (Wildman–Crippen MR) is 65.7 cm³/mol. The van der Waals surface area contributed by atoms with Gasteiger partial charge in [-0.1, -0.05) is 6.92 Å². The Hall–Kier alpha value is -0.940. The van der Waals surface area contributed by atoms with Crippen LogP contribution in [0.15, 0.2) is 11.6 Å². The molecule has 2 aromatic rings. The Labute approximate surface area is 97.2 Å². The number of aromatic nitrogens is 2. The van der Waals surface area contributed by atoms with Gasteiger partial charge in [-0.05, 0) is 13.3 Å². The van der Waals surface area contributed by atoms with Gasteiger partial charge in [-0.2, -0.15) is 0 Å². The molecule has 2 aromatic heterocycles. The standard InChI is InChI=1S/C10H13N3S2/c1-3-9-5-12-10(15-9)11-4-8-6-14-7(2)13-8/h5-6H,3-4H2,1-2H3,(H,11,12). The largest absolute Gasteiger partial charge is 0.356 e. The summed E-state index contributed by atoms with van der Waals surface area (Å²) in [7, 11) is 0. The maximum atomic E-state index is 4.39. The molecule has 0 aliphatic rings. The molecule has 15 heavy (non-hydrogen) atoms. The van der Waals surface area contributed by atoms with Crippen molar-refractivity contribution in [3.05, 3.63) is 27.2 Å². The van der Waals surface area contributed by atoms with Gasteiger partial charge in [0.1, 0.15) is 0 Å². The maximum Gasteiger partial charge on any atom is 0.183 e. The molecule has 0 aliphatic carbocycles. The van der Waals surface area contributed by atoms with E-state index in [1.807, 2.05) is 13.1 Å². The van der Waals surface area contributed by atoms with Gasteiger partial charge in [0.25, 0.3) is 0 Å². The van der Waals surface area contributed by atoms with Crippen molar-refractivity contribution >= 4 is 27.8 Å². The Bertz CT molecular complexity index is 433. The van der Waals surface area contributed by atoms with E-state index in [1.54, 1.807) is 22.7 Å². The number of anilines is 1. The molecule has 2 heterocycles. The van der Waals surface area contributed by atoms with Gasteiger partial charge >= 0.3 is 0 Å². The summed E-state index contributed by atoms with van der Waals surface area (Å²) in [6.07, 6.45) is 2.98. The first-order valence-electron chi connectivity index (χ1n) is 4.87. The molecule has 1 N–H and O–H groups in total. The van der Waals surface area contributed by atoms with E-state index >= 15 is 0 Å². The van der Waals surface area contributed by atoms with Crippen LogP contribution < -0.4 is 5.32 Å². The third kappa shape index (κ3) is 2.76. The summed E-state index contributed by atoms with van der Waals surface area (Å²) in [5.74, 6) is 0. The summed E-state index contributed by atoms with van der Waals surface area (Å²) in [4.78, 5) is 9.99. The first-order chi connectivity index (χ1) is 7.28. The van der Waals surface area contributed by atoms with Crippen LogP contribution in [0.3, 0.4) is 0 Å². The molecule has 0 saturated heterocycles. The molecule has 3 nitrogen and oxygen atoms in total. The van der Waals surface area contributed by atoms with E-state index in [9.17, 15) is 0 Å². The number of rotatable bonds is 4. The van der Waals surface area contributed by atoms with Crippen molar-refractivity contribution in [3.8, 4) is 0 Å². The van der Waals surface area contributed by atoms with Crippen LogP contribution in [0.2, 0.25) is 0 Å². The van der Waals surface area contributed by atoms with Gasteiger partial charge in [0.05, 0.1) is 17.2 Å². The third-order valence-corrected chi connectivity index (χ3v) is 3.91. The Kier molecular flexibility index (Phi) is 3.33. The summed E-state index contributed by atoms with van der Waals surface area (Å²) in [5, 5.41) is 7.46. The second kappa shape index (κ2) is 4.72. The van der Waals surface area contributed by atoms with Gasteiger partial charge in [0.15, 0.2) is 5.13 Å². The Morgan fingerprint density at radius 3 is 2.93 bits per heavy atom. The van der Waals surface area contributed by atoms with Gasteiger partial charge in [-0.25, -0.2) is 9.97 Å². The van der Waals surface area contributed by atoms with Crippen LogP contribution in [0.1, 0.15) is 22.5 Å². The van der Waals surface area contributed by atoms with E-state index in [-0.39, 0.29) is 0 Å². The minimum atomic E-state index is 0.765. The minimum absolute atomic E-state index is 0.765. The maximum absolute atomic E-state index is 4.39. The highest BCUT2D eigenvalue weighted by Gasteiger charge is 2.01. The first-order valence-corrected chi connectivity index (χ1v) is 6.57. The zero-order chi connectivity index (χ0) is 10.7. The molecular weight excluding hydrogens is 226 g/mol. The molecule has 5 heteroatoms. The average molecular weight is 239 g/mol. The van der Waals surface area contributed by atoms with Crippen molar-refractivity contribution < 1.29 is 0 Å². The molecule has 0 atom stereocenters. The van der Waals surface area contributed by atoms with Crippen molar-refractivity contribution in [1.82, 2.24) is 9.97 Å². The van der Waals surface area contributed by atoms with Crippen LogP contribution in [0.25, 0.3) is 0 Å². The quantitative estimate of drug-likeness (QED) is 0.891. The number of nitrogens with zero attached hydrogens (tertiary/aromatic N) is 2. The molecule has 0 fully saturated rings. The lowest BCUT2D eigenvalue weighted by Crippen LogP contribution is -1.98. The number of aryl methyl sites for hydroxylation is 2. The molecule has 0 bridgehead atoms. The molecular formula is C10H13N3S2. The van der Waals surface area contributed by atoms with Crippen molar-refractivity contribution in [2.75, 3.05) is 5.32 Å². The Morgan fingerprint density at radius 1 is 1.47 bits per heavy atom. The normalized spacial score (nSPS) is 10.5.